The molecule has 1 heterocycles. The zero-order valence-corrected chi connectivity index (χ0v) is 10.3. The van der Waals surface area contributed by atoms with E-state index in [0.29, 0.717) is 0 Å². The molecule has 1 aliphatic heterocycles. The van der Waals surface area contributed by atoms with E-state index in [1.807, 2.05) is 11.8 Å². The number of fused-ring (bicyclic) bond motifs is 1. The summed E-state index contributed by atoms with van der Waals surface area (Å²) in [5.74, 6) is 0.975. The number of hydrogen-bond acceptors (Lipinski definition) is 3. The number of aryl methyl sites for hydroxylation is 1. The maximum atomic E-state index is 9.29. The molecule has 1 N–H and O–H groups in total. The quantitative estimate of drug-likeness (QED) is 0.789. The van der Waals surface area contributed by atoms with Gasteiger partial charge in [0.2, 0.25) is 0 Å². The van der Waals surface area contributed by atoms with Gasteiger partial charge in [-0.3, -0.25) is 0 Å². The van der Waals surface area contributed by atoms with Crippen LogP contribution in [0.25, 0.3) is 0 Å². The first-order valence-corrected chi connectivity index (χ1v) is 6.20. The summed E-state index contributed by atoms with van der Waals surface area (Å²) >= 11 is 1.85. The van der Waals surface area contributed by atoms with Gasteiger partial charge in [0.25, 0.3) is 0 Å². The fourth-order valence-electron chi connectivity index (χ4n) is 1.99. The zero-order chi connectivity index (χ0) is 11.0. The molecule has 3 heteroatoms. The lowest BCUT2D eigenvalue weighted by atomic mass is 10.1. The van der Waals surface area contributed by atoms with Gasteiger partial charge in [0.1, 0.15) is 0 Å². The normalized spacial score (nSPS) is 20.3. The Hall–Kier alpha value is -0.670. The molecule has 1 aromatic rings. The van der Waals surface area contributed by atoms with E-state index in [4.69, 9.17) is 0 Å². The minimum absolute atomic E-state index is 0.232. The van der Waals surface area contributed by atoms with Crippen LogP contribution in [-0.4, -0.2) is 30.6 Å². The van der Waals surface area contributed by atoms with E-state index in [0.717, 1.165) is 5.75 Å². The monoisotopic (exact) mass is 223 g/mol. The first-order valence-electron chi connectivity index (χ1n) is 5.22. The van der Waals surface area contributed by atoms with Crippen LogP contribution in [0.15, 0.2) is 17.0 Å². The van der Waals surface area contributed by atoms with E-state index >= 15 is 0 Å². The summed E-state index contributed by atoms with van der Waals surface area (Å²) in [6, 6.07) is 4.61. The smallest absolute Gasteiger partial charge is 0.0643 e. The number of aliphatic hydroxyl groups excluding tert-OH is 1. The van der Waals surface area contributed by atoms with E-state index < -0.39 is 0 Å². The van der Waals surface area contributed by atoms with Crippen molar-refractivity contribution in [2.24, 2.45) is 0 Å². The Balaban J connectivity index is 2.49. The highest BCUT2D eigenvalue weighted by molar-refractivity contribution is 7.99. The Kier molecular flexibility index (Phi) is 2.94. The van der Waals surface area contributed by atoms with Crippen LogP contribution in [0.4, 0.5) is 5.69 Å². The number of likely N-dealkylation sites (N-methyl/N-ethyl adjacent to an activating group) is 1. The van der Waals surface area contributed by atoms with E-state index in [2.05, 4.69) is 37.9 Å². The van der Waals surface area contributed by atoms with Gasteiger partial charge in [0, 0.05) is 17.7 Å². The van der Waals surface area contributed by atoms with Crippen LogP contribution in [0.5, 0.6) is 0 Å². The van der Waals surface area contributed by atoms with Crippen molar-refractivity contribution in [1.82, 2.24) is 0 Å². The molecule has 2 nitrogen and oxygen atoms in total. The first-order chi connectivity index (χ1) is 7.15. The van der Waals surface area contributed by atoms with Crippen LogP contribution in [0.3, 0.4) is 0 Å². The van der Waals surface area contributed by atoms with Gasteiger partial charge in [-0.1, -0.05) is 6.07 Å². The SMILES string of the molecule is Cc1ccc2c(c1C)N(C)C(CO)CS2. The molecule has 0 aromatic heterocycles. The van der Waals surface area contributed by atoms with Crippen LogP contribution in [0, 0.1) is 13.8 Å². The van der Waals surface area contributed by atoms with Gasteiger partial charge < -0.3 is 10.0 Å². The maximum absolute atomic E-state index is 9.29. The average Bonchev–Trinajstić information content (AvgIpc) is 2.24. The summed E-state index contributed by atoms with van der Waals surface area (Å²) in [6.07, 6.45) is 0. The highest BCUT2D eigenvalue weighted by atomic mass is 32.2. The number of rotatable bonds is 1. The number of benzene rings is 1. The Morgan fingerprint density at radius 3 is 2.87 bits per heavy atom. The summed E-state index contributed by atoms with van der Waals surface area (Å²) in [5.41, 5.74) is 3.95. The molecule has 0 amide bonds. The minimum atomic E-state index is 0.232. The standard InChI is InChI=1S/C12H17NOS/c1-8-4-5-11-12(9(8)2)13(3)10(6-14)7-15-11/h4-5,10,14H,6-7H2,1-3H3. The molecule has 0 fully saturated rings. The predicted octanol–water partition coefficient (Wildman–Crippen LogP) is 2.21. The van der Waals surface area contributed by atoms with E-state index in [1.165, 1.54) is 21.7 Å². The van der Waals surface area contributed by atoms with Crippen molar-refractivity contribution >= 4 is 17.4 Å². The highest BCUT2D eigenvalue weighted by Gasteiger charge is 2.24. The van der Waals surface area contributed by atoms with Crippen LogP contribution >= 0.6 is 11.8 Å². The van der Waals surface area contributed by atoms with Gasteiger partial charge in [-0.2, -0.15) is 0 Å². The van der Waals surface area contributed by atoms with Crippen LogP contribution in [0.1, 0.15) is 11.1 Å². The topological polar surface area (TPSA) is 23.5 Å². The van der Waals surface area contributed by atoms with Crippen molar-refractivity contribution in [2.45, 2.75) is 24.8 Å². The maximum Gasteiger partial charge on any atom is 0.0643 e. The Bertz CT molecular complexity index is 378. The van der Waals surface area contributed by atoms with Crippen LogP contribution < -0.4 is 4.90 Å². The number of thioether (sulfide) groups is 1. The third kappa shape index (κ3) is 1.74. The second kappa shape index (κ2) is 4.06. The van der Waals surface area contributed by atoms with Crippen molar-refractivity contribution in [3.05, 3.63) is 23.3 Å². The van der Waals surface area contributed by atoms with Crippen molar-refractivity contribution in [3.63, 3.8) is 0 Å². The molecule has 15 heavy (non-hydrogen) atoms. The molecule has 1 unspecified atom stereocenters. The second-order valence-electron chi connectivity index (χ2n) is 4.11. The van der Waals surface area contributed by atoms with E-state index in [-0.39, 0.29) is 12.6 Å². The summed E-state index contributed by atoms with van der Waals surface area (Å²) in [5, 5.41) is 9.29. The Labute approximate surface area is 95.3 Å². The summed E-state index contributed by atoms with van der Waals surface area (Å²) in [6.45, 7) is 4.53. The minimum Gasteiger partial charge on any atom is -0.394 e. The molecule has 0 spiro atoms. The van der Waals surface area contributed by atoms with Crippen molar-refractivity contribution in [2.75, 3.05) is 24.3 Å². The fraction of sp³-hybridized carbons (Fsp3) is 0.500. The summed E-state index contributed by atoms with van der Waals surface area (Å²) in [4.78, 5) is 3.55. The fourth-order valence-corrected chi connectivity index (χ4v) is 3.29. The van der Waals surface area contributed by atoms with Crippen LogP contribution in [-0.2, 0) is 0 Å². The molecule has 82 valence electrons. The van der Waals surface area contributed by atoms with E-state index in [9.17, 15) is 5.11 Å². The molecule has 1 atom stereocenters. The van der Waals surface area contributed by atoms with Gasteiger partial charge in [-0.15, -0.1) is 11.8 Å². The molecule has 0 radical (unpaired) electrons. The van der Waals surface area contributed by atoms with Crippen LogP contribution in [0.2, 0.25) is 0 Å². The lowest BCUT2D eigenvalue weighted by Gasteiger charge is -2.36. The highest BCUT2D eigenvalue weighted by Crippen LogP contribution is 2.39. The lowest BCUT2D eigenvalue weighted by Crippen LogP contribution is -2.39. The predicted molar refractivity (Wildman–Crippen MR) is 65.9 cm³/mol. The number of hydrogen-bond donors (Lipinski definition) is 1. The molecule has 0 saturated carbocycles. The number of anilines is 1. The van der Waals surface area contributed by atoms with Crippen molar-refractivity contribution < 1.29 is 5.11 Å². The largest absolute Gasteiger partial charge is 0.394 e. The summed E-state index contributed by atoms with van der Waals surface area (Å²) in [7, 11) is 2.08. The molecule has 0 bridgehead atoms. The number of nitrogens with zero attached hydrogens (tertiary/aromatic N) is 1. The number of aliphatic hydroxyl groups is 1. The third-order valence-electron chi connectivity index (χ3n) is 3.21. The molecular formula is C12H17NOS. The van der Waals surface area contributed by atoms with E-state index in [1.54, 1.807) is 0 Å². The molecule has 0 saturated heterocycles. The molecule has 1 aliphatic rings. The third-order valence-corrected chi connectivity index (χ3v) is 4.40. The molecule has 1 aromatic carbocycles. The first kappa shape index (κ1) is 10.8. The van der Waals surface area contributed by atoms with Gasteiger partial charge in [0.05, 0.1) is 18.3 Å². The second-order valence-corrected chi connectivity index (χ2v) is 5.17. The Morgan fingerprint density at radius 2 is 2.20 bits per heavy atom. The van der Waals surface area contributed by atoms with Crippen molar-refractivity contribution in [3.8, 4) is 0 Å². The Morgan fingerprint density at radius 1 is 1.47 bits per heavy atom. The molecular weight excluding hydrogens is 206 g/mol. The molecule has 0 aliphatic carbocycles. The molecule has 2 rings (SSSR count). The lowest BCUT2D eigenvalue weighted by molar-refractivity contribution is 0.271. The van der Waals surface area contributed by atoms with Gasteiger partial charge in [-0.05, 0) is 31.0 Å². The average molecular weight is 223 g/mol. The van der Waals surface area contributed by atoms with Gasteiger partial charge in [-0.25, -0.2) is 0 Å². The van der Waals surface area contributed by atoms with Gasteiger partial charge >= 0.3 is 0 Å². The summed E-state index contributed by atoms with van der Waals surface area (Å²) < 4.78 is 0. The van der Waals surface area contributed by atoms with Crippen molar-refractivity contribution in [1.29, 1.82) is 0 Å². The van der Waals surface area contributed by atoms with Gasteiger partial charge in [0.15, 0.2) is 0 Å². The zero-order valence-electron chi connectivity index (χ0n) is 9.45.